The molecule has 1 aliphatic heterocycles. The van der Waals surface area contributed by atoms with Crippen LogP contribution in [-0.4, -0.2) is 54.2 Å². The Morgan fingerprint density at radius 3 is 2.38 bits per heavy atom. The van der Waals surface area contributed by atoms with Crippen LogP contribution in [0.25, 0.3) is 0 Å². The quantitative estimate of drug-likeness (QED) is 0.551. The third kappa shape index (κ3) is 5.65. The molecule has 170 valence electrons. The third-order valence-electron chi connectivity index (χ3n) is 4.83. The summed E-state index contributed by atoms with van der Waals surface area (Å²) in [6.45, 7) is 3.10. The average molecular weight is 452 g/mol. The topological polar surface area (TPSA) is 105 Å². The summed E-state index contributed by atoms with van der Waals surface area (Å²) < 4.78 is 40.9. The molecule has 1 heterocycles. The minimum absolute atomic E-state index is 0.0313. The molecule has 32 heavy (non-hydrogen) atoms. The van der Waals surface area contributed by atoms with Gasteiger partial charge in [-0.3, -0.25) is 19.7 Å². The number of nitrogens with one attached hydrogen (secondary N) is 1. The molecule has 0 atom stereocenters. The van der Waals surface area contributed by atoms with Crippen LogP contribution in [0.3, 0.4) is 0 Å². The van der Waals surface area contributed by atoms with Crippen molar-refractivity contribution >= 4 is 28.9 Å². The molecule has 0 aliphatic carbocycles. The number of carbonyl (C=O) groups is 2. The van der Waals surface area contributed by atoms with Gasteiger partial charge in [-0.05, 0) is 24.3 Å². The van der Waals surface area contributed by atoms with E-state index < -0.39 is 22.9 Å². The van der Waals surface area contributed by atoms with E-state index >= 15 is 0 Å². The number of anilines is 2. The molecule has 2 aromatic rings. The molecule has 2 aromatic carbocycles. The first kappa shape index (κ1) is 22.8. The van der Waals surface area contributed by atoms with Crippen molar-refractivity contribution in [1.82, 2.24) is 4.90 Å². The minimum atomic E-state index is -4.88. The molecule has 1 aliphatic rings. The second-order valence-electron chi connectivity index (χ2n) is 6.98. The molecule has 0 saturated carbocycles. The van der Waals surface area contributed by atoms with Crippen LogP contribution >= 0.6 is 0 Å². The molecule has 9 nitrogen and oxygen atoms in total. The fourth-order valence-electron chi connectivity index (χ4n) is 3.31. The normalized spacial score (nSPS) is 14.1. The predicted molar refractivity (Wildman–Crippen MR) is 109 cm³/mol. The number of alkyl halides is 3. The van der Waals surface area contributed by atoms with Gasteiger partial charge in [0.25, 0.3) is 11.6 Å². The number of hydrogen-bond donors (Lipinski definition) is 1. The van der Waals surface area contributed by atoms with Gasteiger partial charge in [0.05, 0.1) is 4.92 Å². The molecule has 0 bridgehead atoms. The van der Waals surface area contributed by atoms with Gasteiger partial charge >= 0.3 is 6.36 Å². The molecule has 0 unspecified atom stereocenters. The van der Waals surface area contributed by atoms with Gasteiger partial charge in [-0.25, -0.2) is 0 Å². The number of rotatable bonds is 5. The molecule has 0 aromatic heterocycles. The van der Waals surface area contributed by atoms with Gasteiger partial charge < -0.3 is 19.9 Å². The van der Waals surface area contributed by atoms with Crippen LogP contribution < -0.4 is 15.0 Å². The minimum Gasteiger partial charge on any atom is -0.406 e. The highest BCUT2D eigenvalue weighted by atomic mass is 19.4. The lowest BCUT2D eigenvalue weighted by atomic mass is 10.1. The zero-order valence-corrected chi connectivity index (χ0v) is 16.9. The predicted octanol–water partition coefficient (Wildman–Crippen LogP) is 3.41. The first-order chi connectivity index (χ1) is 15.0. The lowest BCUT2D eigenvalue weighted by Gasteiger charge is -2.35. The highest BCUT2D eigenvalue weighted by Crippen LogP contribution is 2.31. The van der Waals surface area contributed by atoms with E-state index in [0.717, 1.165) is 18.2 Å². The highest BCUT2D eigenvalue weighted by molar-refractivity contribution is 6.05. The first-order valence-corrected chi connectivity index (χ1v) is 9.49. The Bertz CT molecular complexity index is 1040. The summed E-state index contributed by atoms with van der Waals surface area (Å²) in [4.78, 5) is 38.4. The van der Waals surface area contributed by atoms with Crippen molar-refractivity contribution in [3.63, 3.8) is 0 Å². The number of nitro benzene ring substituents is 1. The maximum absolute atomic E-state index is 12.5. The molecule has 12 heteroatoms. The molecule has 1 saturated heterocycles. The molecule has 0 spiro atoms. The van der Waals surface area contributed by atoms with E-state index in [1.165, 1.54) is 31.2 Å². The van der Waals surface area contributed by atoms with Crippen LogP contribution in [0, 0.1) is 10.1 Å². The zero-order valence-electron chi connectivity index (χ0n) is 16.9. The van der Waals surface area contributed by atoms with Crippen LogP contribution in [0.4, 0.5) is 30.2 Å². The second kappa shape index (κ2) is 9.12. The summed E-state index contributed by atoms with van der Waals surface area (Å²) in [6.07, 6.45) is -4.88. The molecule has 2 amide bonds. The number of nitro groups is 1. The largest absolute Gasteiger partial charge is 0.573 e. The van der Waals surface area contributed by atoms with Crippen LogP contribution in [0.5, 0.6) is 5.75 Å². The van der Waals surface area contributed by atoms with E-state index in [1.807, 2.05) is 0 Å². The third-order valence-corrected chi connectivity index (χ3v) is 4.83. The average Bonchev–Trinajstić information content (AvgIpc) is 2.72. The molecular weight excluding hydrogens is 433 g/mol. The summed E-state index contributed by atoms with van der Waals surface area (Å²) in [7, 11) is 0. The Hall–Kier alpha value is -3.83. The molecule has 3 rings (SSSR count). The van der Waals surface area contributed by atoms with E-state index in [-0.39, 0.29) is 22.8 Å². The number of nitrogens with zero attached hydrogens (tertiary/aromatic N) is 3. The van der Waals surface area contributed by atoms with E-state index in [2.05, 4.69) is 10.1 Å². The van der Waals surface area contributed by atoms with Gasteiger partial charge in [0.15, 0.2) is 0 Å². The van der Waals surface area contributed by atoms with Crippen LogP contribution in [-0.2, 0) is 4.79 Å². The second-order valence-corrected chi connectivity index (χ2v) is 6.98. The Labute approximate surface area is 180 Å². The number of carbonyl (C=O) groups excluding carboxylic acids is 2. The Balaban J connectivity index is 1.77. The lowest BCUT2D eigenvalue weighted by molar-refractivity contribution is -0.384. The first-order valence-electron chi connectivity index (χ1n) is 9.49. The maximum atomic E-state index is 12.5. The number of amides is 2. The lowest BCUT2D eigenvalue weighted by Crippen LogP contribution is -2.48. The van der Waals surface area contributed by atoms with Gasteiger partial charge in [-0.2, -0.15) is 0 Å². The Morgan fingerprint density at radius 2 is 1.78 bits per heavy atom. The maximum Gasteiger partial charge on any atom is 0.573 e. The summed E-state index contributed by atoms with van der Waals surface area (Å²) in [6, 6.07) is 8.64. The van der Waals surface area contributed by atoms with Gasteiger partial charge in [0.2, 0.25) is 5.91 Å². The van der Waals surface area contributed by atoms with Gasteiger partial charge in [0, 0.05) is 56.5 Å². The van der Waals surface area contributed by atoms with E-state index in [0.29, 0.717) is 31.9 Å². The van der Waals surface area contributed by atoms with Crippen LogP contribution in [0.1, 0.15) is 17.3 Å². The van der Waals surface area contributed by atoms with Gasteiger partial charge in [0.1, 0.15) is 11.4 Å². The SMILES string of the molecule is CC(=O)N1CCN(c2ccc(C(=O)Nc3cccc(OC(F)(F)F)c3)cc2[N+](=O)[O-])CC1. The van der Waals surface area contributed by atoms with Crippen molar-refractivity contribution in [2.45, 2.75) is 13.3 Å². The van der Waals surface area contributed by atoms with E-state index in [1.54, 1.807) is 9.80 Å². The number of ether oxygens (including phenoxy) is 1. The van der Waals surface area contributed by atoms with Crippen molar-refractivity contribution in [2.75, 3.05) is 36.4 Å². The van der Waals surface area contributed by atoms with Crippen molar-refractivity contribution in [3.05, 3.63) is 58.1 Å². The Morgan fingerprint density at radius 1 is 1.09 bits per heavy atom. The molecular formula is C20H19F3N4O5. The molecule has 0 radical (unpaired) electrons. The monoisotopic (exact) mass is 452 g/mol. The van der Waals surface area contributed by atoms with Crippen LogP contribution in [0.15, 0.2) is 42.5 Å². The molecule has 1 fully saturated rings. The zero-order chi connectivity index (χ0) is 23.5. The number of piperazine rings is 1. The van der Waals surface area contributed by atoms with Crippen LogP contribution in [0.2, 0.25) is 0 Å². The van der Waals surface area contributed by atoms with Crippen molar-refractivity contribution in [3.8, 4) is 5.75 Å². The summed E-state index contributed by atoms with van der Waals surface area (Å²) in [5.41, 5.74) is 0.0206. The number of halogens is 3. The van der Waals surface area contributed by atoms with Gasteiger partial charge in [-0.15, -0.1) is 13.2 Å². The summed E-state index contributed by atoms with van der Waals surface area (Å²) in [5, 5.41) is 14.0. The number of benzene rings is 2. The van der Waals surface area contributed by atoms with Crippen molar-refractivity contribution in [1.29, 1.82) is 0 Å². The summed E-state index contributed by atoms with van der Waals surface area (Å²) in [5.74, 6) is -1.32. The van der Waals surface area contributed by atoms with Gasteiger partial charge in [-0.1, -0.05) is 6.07 Å². The highest BCUT2D eigenvalue weighted by Gasteiger charge is 2.31. The number of hydrogen-bond acceptors (Lipinski definition) is 6. The van der Waals surface area contributed by atoms with Crippen molar-refractivity contribution in [2.24, 2.45) is 0 Å². The fourth-order valence-corrected chi connectivity index (χ4v) is 3.31. The van der Waals surface area contributed by atoms with E-state index in [4.69, 9.17) is 0 Å². The standard InChI is InChI=1S/C20H19F3N4O5/c1-13(28)25-7-9-26(10-8-25)17-6-5-14(11-18(17)27(30)31)19(29)24-15-3-2-4-16(12-15)32-20(21,22)23/h2-6,11-12H,7-10H2,1H3,(H,24,29). The fraction of sp³-hybridized carbons (Fsp3) is 0.300. The van der Waals surface area contributed by atoms with Crippen molar-refractivity contribution < 1.29 is 32.4 Å². The smallest absolute Gasteiger partial charge is 0.406 e. The summed E-state index contributed by atoms with van der Waals surface area (Å²) >= 11 is 0. The Kier molecular flexibility index (Phi) is 6.51. The molecule has 1 N–H and O–H groups in total. The van der Waals surface area contributed by atoms with E-state index in [9.17, 15) is 32.9 Å².